The van der Waals surface area contributed by atoms with Gasteiger partial charge in [-0.2, -0.15) is 10.5 Å². The minimum atomic E-state index is -1.10. The normalized spacial score (nSPS) is 13.6. The SMILES string of the molecule is N#C[C@H](c1ccccn1)c1ncccc1[NH+]([O-])O. The summed E-state index contributed by atoms with van der Waals surface area (Å²) in [6.07, 6.45) is 3.03. The highest BCUT2D eigenvalue weighted by molar-refractivity contribution is 5.43. The quantitative estimate of drug-likeness (QED) is 0.765. The fraction of sp³-hybridized carbons (Fsp3) is 0.0833. The van der Waals surface area contributed by atoms with Crippen LogP contribution in [0.3, 0.4) is 0 Å². The van der Waals surface area contributed by atoms with Crippen LogP contribution < -0.4 is 5.23 Å². The number of nitrogens with zero attached hydrogens (tertiary/aromatic N) is 3. The third kappa shape index (κ3) is 2.33. The molecular formula is C12H10N4O2. The standard InChI is InChI=1S/C12H10N4O2/c13-8-9(10-4-1-2-6-14-10)12-11(16(17)18)5-3-7-15-12/h1-7,9,16-17H/t9-/m1/s1. The van der Waals surface area contributed by atoms with Crippen molar-refractivity contribution in [3.8, 4) is 6.07 Å². The monoisotopic (exact) mass is 242 g/mol. The van der Waals surface area contributed by atoms with E-state index in [9.17, 15) is 10.5 Å². The number of hydrogen-bond donors (Lipinski definition) is 2. The number of hydrogen-bond acceptors (Lipinski definition) is 5. The Balaban J connectivity index is 2.50. The largest absolute Gasteiger partial charge is 0.595 e. The van der Waals surface area contributed by atoms with E-state index in [1.54, 1.807) is 24.4 Å². The molecule has 90 valence electrons. The van der Waals surface area contributed by atoms with Crippen LogP contribution in [0.5, 0.6) is 0 Å². The highest BCUT2D eigenvalue weighted by atomic mass is 16.8. The van der Waals surface area contributed by atoms with Crippen LogP contribution in [0, 0.1) is 16.5 Å². The van der Waals surface area contributed by atoms with Crippen molar-refractivity contribution < 1.29 is 10.4 Å². The van der Waals surface area contributed by atoms with Crippen LogP contribution in [0.2, 0.25) is 0 Å². The molecule has 1 unspecified atom stereocenters. The number of nitrogens with one attached hydrogen (secondary N) is 1. The summed E-state index contributed by atoms with van der Waals surface area (Å²) in [5, 5.41) is 28.3. The van der Waals surface area contributed by atoms with Crippen molar-refractivity contribution in [3.05, 3.63) is 59.3 Å². The van der Waals surface area contributed by atoms with Crippen LogP contribution in [-0.2, 0) is 0 Å². The molecule has 0 aliphatic carbocycles. The van der Waals surface area contributed by atoms with Gasteiger partial charge in [0, 0.05) is 18.5 Å². The van der Waals surface area contributed by atoms with Crippen LogP contribution in [0.25, 0.3) is 0 Å². The Bertz CT molecular complexity index is 566. The number of nitriles is 1. The van der Waals surface area contributed by atoms with Gasteiger partial charge in [-0.25, -0.2) is 5.21 Å². The van der Waals surface area contributed by atoms with Gasteiger partial charge >= 0.3 is 0 Å². The first kappa shape index (κ1) is 12.1. The highest BCUT2D eigenvalue weighted by Crippen LogP contribution is 2.24. The Hall–Kier alpha value is -2.33. The lowest BCUT2D eigenvalue weighted by atomic mass is 10.0. The summed E-state index contributed by atoms with van der Waals surface area (Å²) in [5.41, 5.74) is 0.724. The Kier molecular flexibility index (Phi) is 3.60. The molecule has 2 N–H and O–H groups in total. The van der Waals surface area contributed by atoms with E-state index in [2.05, 4.69) is 9.97 Å². The van der Waals surface area contributed by atoms with E-state index in [0.29, 0.717) is 5.69 Å². The number of quaternary nitrogens is 1. The third-order valence-electron chi connectivity index (χ3n) is 2.46. The molecule has 0 saturated heterocycles. The van der Waals surface area contributed by atoms with Gasteiger partial charge in [0.05, 0.1) is 11.8 Å². The predicted molar refractivity (Wildman–Crippen MR) is 61.7 cm³/mol. The molecule has 0 spiro atoms. The van der Waals surface area contributed by atoms with E-state index >= 15 is 0 Å². The van der Waals surface area contributed by atoms with Gasteiger partial charge in [-0.1, -0.05) is 6.07 Å². The summed E-state index contributed by atoms with van der Waals surface area (Å²) in [5.74, 6) is -0.779. The number of pyridine rings is 2. The Morgan fingerprint density at radius 2 is 2.00 bits per heavy atom. The fourth-order valence-electron chi connectivity index (χ4n) is 1.64. The second-order valence-electron chi connectivity index (χ2n) is 3.56. The van der Waals surface area contributed by atoms with Gasteiger partial charge < -0.3 is 5.21 Å². The lowest BCUT2D eigenvalue weighted by Crippen LogP contribution is -2.99. The summed E-state index contributed by atoms with van der Waals surface area (Å²) >= 11 is 0. The molecule has 2 heterocycles. The molecular weight excluding hydrogens is 232 g/mol. The van der Waals surface area contributed by atoms with Gasteiger partial charge in [0.15, 0.2) is 5.69 Å². The Morgan fingerprint density at radius 1 is 1.22 bits per heavy atom. The van der Waals surface area contributed by atoms with E-state index in [1.807, 2.05) is 6.07 Å². The zero-order valence-electron chi connectivity index (χ0n) is 9.32. The zero-order chi connectivity index (χ0) is 13.0. The van der Waals surface area contributed by atoms with Gasteiger partial charge in [0.1, 0.15) is 11.6 Å². The maximum absolute atomic E-state index is 11.1. The molecule has 0 radical (unpaired) electrons. The van der Waals surface area contributed by atoms with Crippen molar-refractivity contribution in [2.24, 2.45) is 0 Å². The smallest absolute Gasteiger partial charge is 0.187 e. The lowest BCUT2D eigenvalue weighted by molar-refractivity contribution is -0.991. The van der Waals surface area contributed by atoms with Gasteiger partial charge in [0.25, 0.3) is 0 Å². The lowest BCUT2D eigenvalue weighted by Gasteiger charge is -2.16. The van der Waals surface area contributed by atoms with Crippen LogP contribution in [0.4, 0.5) is 5.69 Å². The topological polar surface area (TPSA) is 97.3 Å². The van der Waals surface area contributed by atoms with Crippen molar-refractivity contribution in [3.63, 3.8) is 0 Å². The summed E-state index contributed by atoms with van der Waals surface area (Å²) in [4.78, 5) is 8.08. The minimum absolute atomic E-state index is 0.0229. The first-order chi connectivity index (χ1) is 8.74. The number of aromatic nitrogens is 2. The summed E-state index contributed by atoms with van der Waals surface area (Å²) in [7, 11) is 0. The molecule has 6 nitrogen and oxygen atoms in total. The van der Waals surface area contributed by atoms with E-state index < -0.39 is 11.1 Å². The predicted octanol–water partition coefficient (Wildman–Crippen LogP) is 0.535. The molecule has 0 fully saturated rings. The fourth-order valence-corrected chi connectivity index (χ4v) is 1.64. The van der Waals surface area contributed by atoms with Gasteiger partial charge in [0.2, 0.25) is 0 Å². The van der Waals surface area contributed by atoms with E-state index in [0.717, 1.165) is 0 Å². The molecule has 2 aromatic rings. The first-order valence-electron chi connectivity index (χ1n) is 5.22. The molecule has 0 bridgehead atoms. The Labute approximate surface area is 103 Å². The van der Waals surface area contributed by atoms with Crippen molar-refractivity contribution in [2.45, 2.75) is 5.92 Å². The van der Waals surface area contributed by atoms with E-state index in [1.165, 1.54) is 18.3 Å². The van der Waals surface area contributed by atoms with Gasteiger partial charge in [-0.3, -0.25) is 9.97 Å². The molecule has 0 aliphatic rings. The van der Waals surface area contributed by atoms with Crippen LogP contribution >= 0.6 is 0 Å². The molecule has 18 heavy (non-hydrogen) atoms. The molecule has 2 aromatic heterocycles. The maximum Gasteiger partial charge on any atom is 0.187 e. The van der Waals surface area contributed by atoms with Crippen molar-refractivity contribution >= 4 is 5.69 Å². The average Bonchev–Trinajstić information content (AvgIpc) is 2.41. The van der Waals surface area contributed by atoms with Crippen LogP contribution in [0.1, 0.15) is 17.3 Å². The highest BCUT2D eigenvalue weighted by Gasteiger charge is 2.22. The molecule has 0 aliphatic heterocycles. The molecule has 2 atom stereocenters. The maximum atomic E-state index is 11.1. The summed E-state index contributed by atoms with van der Waals surface area (Å²) < 4.78 is 0. The van der Waals surface area contributed by atoms with Crippen molar-refractivity contribution in [2.75, 3.05) is 0 Å². The number of rotatable bonds is 3. The van der Waals surface area contributed by atoms with Crippen LogP contribution in [-0.4, -0.2) is 15.2 Å². The van der Waals surface area contributed by atoms with Gasteiger partial charge in [-0.05, 0) is 18.2 Å². The second-order valence-corrected chi connectivity index (χ2v) is 3.56. The molecule has 6 heteroatoms. The Morgan fingerprint density at radius 3 is 2.61 bits per heavy atom. The minimum Gasteiger partial charge on any atom is -0.595 e. The molecule has 2 rings (SSSR count). The van der Waals surface area contributed by atoms with Gasteiger partial charge in [-0.15, -0.1) is 0 Å². The first-order valence-corrected chi connectivity index (χ1v) is 5.22. The molecule has 0 amide bonds. The van der Waals surface area contributed by atoms with Crippen molar-refractivity contribution in [1.82, 2.24) is 9.97 Å². The molecule has 0 saturated carbocycles. The third-order valence-corrected chi connectivity index (χ3v) is 2.46. The zero-order valence-corrected chi connectivity index (χ0v) is 9.32. The van der Waals surface area contributed by atoms with E-state index in [-0.39, 0.29) is 11.4 Å². The second kappa shape index (κ2) is 5.33. The molecule has 0 aromatic carbocycles. The van der Waals surface area contributed by atoms with Crippen LogP contribution in [0.15, 0.2) is 42.7 Å². The summed E-state index contributed by atoms with van der Waals surface area (Å²) in [6, 6.07) is 10.1. The average molecular weight is 242 g/mol. The van der Waals surface area contributed by atoms with E-state index in [4.69, 9.17) is 5.21 Å². The summed E-state index contributed by atoms with van der Waals surface area (Å²) in [6.45, 7) is 0. The van der Waals surface area contributed by atoms with Crippen molar-refractivity contribution in [1.29, 1.82) is 5.26 Å².